The van der Waals surface area contributed by atoms with Crippen molar-refractivity contribution < 1.29 is 38.1 Å². The third-order valence-corrected chi connectivity index (χ3v) is 4.45. The van der Waals surface area contributed by atoms with Crippen LogP contribution in [0.15, 0.2) is 0 Å². The van der Waals surface area contributed by atoms with Crippen molar-refractivity contribution in [2.75, 3.05) is 6.61 Å². The first-order valence-corrected chi connectivity index (χ1v) is 9.14. The van der Waals surface area contributed by atoms with Crippen molar-refractivity contribution in [3.8, 4) is 0 Å². The van der Waals surface area contributed by atoms with Gasteiger partial charge in [-0.2, -0.15) is 0 Å². The summed E-state index contributed by atoms with van der Waals surface area (Å²) in [6.45, 7) is 3.72. The van der Waals surface area contributed by atoms with Gasteiger partial charge in [0.05, 0.1) is 6.10 Å². The predicted molar refractivity (Wildman–Crippen MR) is 89.0 cm³/mol. The Hall–Kier alpha value is -1.67. The summed E-state index contributed by atoms with van der Waals surface area (Å²) >= 11 is 0. The van der Waals surface area contributed by atoms with Gasteiger partial charge in [-0.25, -0.2) is 0 Å². The lowest BCUT2D eigenvalue weighted by atomic mass is 9.97. The Kier molecular flexibility index (Phi) is 7.84. The zero-order valence-corrected chi connectivity index (χ0v) is 15.6. The first-order valence-electron chi connectivity index (χ1n) is 9.14. The van der Waals surface area contributed by atoms with Crippen LogP contribution >= 0.6 is 0 Å². The van der Waals surface area contributed by atoms with Gasteiger partial charge in [0.15, 0.2) is 12.4 Å². The summed E-state index contributed by atoms with van der Waals surface area (Å²) in [6.07, 6.45) is 2.71. The molecule has 0 aromatic rings. The number of carbonyl (C=O) groups is 3. The smallest absolute Gasteiger partial charge is 0.303 e. The van der Waals surface area contributed by atoms with E-state index in [2.05, 4.69) is 0 Å². The second-order valence-corrected chi connectivity index (χ2v) is 6.76. The number of esters is 3. The third kappa shape index (κ3) is 6.57. The maximum Gasteiger partial charge on any atom is 0.303 e. The number of rotatable bonds is 6. The molecule has 2 rings (SSSR count). The fourth-order valence-electron chi connectivity index (χ4n) is 3.40. The SMILES string of the molecule is CC(=O)OC[C@H]1O[C@H](OC2CCCCC2)C[C@@H](OC(C)=O)[C@@H]1OC(C)=O. The summed E-state index contributed by atoms with van der Waals surface area (Å²) in [7, 11) is 0. The fourth-order valence-corrected chi connectivity index (χ4v) is 3.40. The second-order valence-electron chi connectivity index (χ2n) is 6.76. The van der Waals surface area contributed by atoms with Gasteiger partial charge in [-0.1, -0.05) is 19.3 Å². The second kappa shape index (κ2) is 9.87. The van der Waals surface area contributed by atoms with E-state index in [1.807, 2.05) is 0 Å². The zero-order valence-electron chi connectivity index (χ0n) is 15.6. The minimum Gasteiger partial charge on any atom is -0.463 e. The van der Waals surface area contributed by atoms with Gasteiger partial charge in [-0.3, -0.25) is 14.4 Å². The minimum absolute atomic E-state index is 0.0892. The first kappa shape index (κ1) is 20.6. The lowest BCUT2D eigenvalue weighted by molar-refractivity contribution is -0.278. The van der Waals surface area contributed by atoms with Gasteiger partial charge in [-0.15, -0.1) is 0 Å². The van der Waals surface area contributed by atoms with Crippen molar-refractivity contribution in [2.24, 2.45) is 0 Å². The van der Waals surface area contributed by atoms with Crippen LogP contribution in [0.3, 0.4) is 0 Å². The first-order chi connectivity index (χ1) is 12.3. The molecule has 0 N–H and O–H groups in total. The highest BCUT2D eigenvalue weighted by atomic mass is 16.7. The molecule has 0 aromatic carbocycles. The monoisotopic (exact) mass is 372 g/mol. The Morgan fingerprint density at radius 1 is 0.923 bits per heavy atom. The van der Waals surface area contributed by atoms with Crippen LogP contribution in [0.2, 0.25) is 0 Å². The molecule has 8 heteroatoms. The molecule has 0 spiro atoms. The molecule has 0 unspecified atom stereocenters. The van der Waals surface area contributed by atoms with Gasteiger partial charge in [0.1, 0.15) is 18.8 Å². The van der Waals surface area contributed by atoms with Gasteiger partial charge >= 0.3 is 17.9 Å². The van der Waals surface area contributed by atoms with E-state index in [4.69, 9.17) is 23.7 Å². The molecule has 1 aliphatic carbocycles. The van der Waals surface area contributed by atoms with Crippen LogP contribution in [0, 0.1) is 0 Å². The highest BCUT2D eigenvalue weighted by molar-refractivity contribution is 5.67. The number of hydrogen-bond acceptors (Lipinski definition) is 8. The van der Waals surface area contributed by atoms with Gasteiger partial charge in [0.25, 0.3) is 0 Å². The van der Waals surface area contributed by atoms with E-state index in [-0.39, 0.29) is 19.1 Å². The van der Waals surface area contributed by atoms with Crippen LogP contribution in [-0.4, -0.2) is 55.2 Å². The molecule has 148 valence electrons. The third-order valence-electron chi connectivity index (χ3n) is 4.45. The zero-order chi connectivity index (χ0) is 19.1. The molecule has 4 atom stereocenters. The summed E-state index contributed by atoms with van der Waals surface area (Å²) in [5, 5.41) is 0. The topological polar surface area (TPSA) is 97.4 Å². The van der Waals surface area contributed by atoms with Crippen molar-refractivity contribution in [1.29, 1.82) is 0 Å². The Morgan fingerprint density at radius 2 is 1.58 bits per heavy atom. The van der Waals surface area contributed by atoms with Crippen molar-refractivity contribution in [2.45, 2.75) is 90.0 Å². The summed E-state index contributed by atoms with van der Waals surface area (Å²) in [5.74, 6) is -1.50. The molecular weight excluding hydrogens is 344 g/mol. The van der Waals surface area contributed by atoms with Crippen molar-refractivity contribution in [1.82, 2.24) is 0 Å². The average Bonchev–Trinajstić information content (AvgIpc) is 2.55. The largest absolute Gasteiger partial charge is 0.463 e. The molecule has 8 nitrogen and oxygen atoms in total. The Bertz CT molecular complexity index is 499. The summed E-state index contributed by atoms with van der Waals surface area (Å²) in [6, 6.07) is 0. The Balaban J connectivity index is 2.10. The molecule has 26 heavy (non-hydrogen) atoms. The Morgan fingerprint density at radius 3 is 2.15 bits per heavy atom. The van der Waals surface area contributed by atoms with Crippen molar-refractivity contribution in [3.05, 3.63) is 0 Å². The van der Waals surface area contributed by atoms with Gasteiger partial charge in [-0.05, 0) is 12.8 Å². The van der Waals surface area contributed by atoms with Crippen LogP contribution in [0.5, 0.6) is 0 Å². The highest BCUT2D eigenvalue weighted by Gasteiger charge is 2.44. The van der Waals surface area contributed by atoms with E-state index < -0.39 is 42.5 Å². The fraction of sp³-hybridized carbons (Fsp3) is 0.833. The van der Waals surface area contributed by atoms with Crippen molar-refractivity contribution in [3.63, 3.8) is 0 Å². The lowest BCUT2D eigenvalue weighted by Crippen LogP contribution is -2.54. The quantitative estimate of drug-likeness (QED) is 0.515. The standard InChI is InChI=1S/C18H28O8/c1-11(19)22-10-16-18(24-13(3)21)15(23-12(2)20)9-17(26-16)25-14-7-5-4-6-8-14/h14-18H,4-10H2,1-3H3/t15-,16-,17+,18+/m1/s1. The molecule has 0 bridgehead atoms. The van der Waals surface area contributed by atoms with Gasteiger partial charge in [0, 0.05) is 27.2 Å². The predicted octanol–water partition coefficient (Wildman–Crippen LogP) is 1.88. The summed E-state index contributed by atoms with van der Waals surface area (Å²) in [4.78, 5) is 34.1. The van der Waals surface area contributed by atoms with Gasteiger partial charge in [0.2, 0.25) is 0 Å². The summed E-state index contributed by atoms with van der Waals surface area (Å²) in [5.41, 5.74) is 0. The molecule has 2 aliphatic rings. The van der Waals surface area contributed by atoms with Crippen LogP contribution in [0.1, 0.15) is 59.3 Å². The number of carbonyl (C=O) groups excluding carboxylic acids is 3. The molecule has 1 saturated carbocycles. The van der Waals surface area contributed by atoms with E-state index >= 15 is 0 Å². The highest BCUT2D eigenvalue weighted by Crippen LogP contribution is 2.30. The molecular formula is C18H28O8. The molecule has 0 amide bonds. The number of ether oxygens (including phenoxy) is 5. The average molecular weight is 372 g/mol. The van der Waals surface area contributed by atoms with E-state index in [0.717, 1.165) is 25.7 Å². The van der Waals surface area contributed by atoms with E-state index in [0.29, 0.717) is 0 Å². The molecule has 0 radical (unpaired) electrons. The maximum absolute atomic E-state index is 11.5. The molecule has 1 saturated heterocycles. The van der Waals surface area contributed by atoms with E-state index in [1.54, 1.807) is 0 Å². The van der Waals surface area contributed by atoms with Crippen LogP contribution in [0.4, 0.5) is 0 Å². The number of hydrogen-bond donors (Lipinski definition) is 0. The molecule has 0 aromatic heterocycles. The van der Waals surface area contributed by atoms with Crippen LogP contribution in [0.25, 0.3) is 0 Å². The molecule has 2 fully saturated rings. The Labute approximate surface area is 153 Å². The van der Waals surface area contributed by atoms with Gasteiger partial charge < -0.3 is 23.7 Å². The normalized spacial score (nSPS) is 29.7. The van der Waals surface area contributed by atoms with E-state index in [9.17, 15) is 14.4 Å². The van der Waals surface area contributed by atoms with E-state index in [1.165, 1.54) is 27.2 Å². The maximum atomic E-state index is 11.5. The molecule has 1 heterocycles. The molecule has 1 aliphatic heterocycles. The van der Waals surface area contributed by atoms with Crippen molar-refractivity contribution >= 4 is 17.9 Å². The van der Waals surface area contributed by atoms with Crippen LogP contribution in [-0.2, 0) is 38.1 Å². The van der Waals surface area contributed by atoms with Crippen LogP contribution < -0.4 is 0 Å². The minimum atomic E-state index is -0.859. The summed E-state index contributed by atoms with van der Waals surface area (Å²) < 4.78 is 27.6. The lowest BCUT2D eigenvalue weighted by Gasteiger charge is -2.41.